The van der Waals surface area contributed by atoms with Crippen LogP contribution < -0.4 is 5.32 Å². The van der Waals surface area contributed by atoms with Gasteiger partial charge in [0.2, 0.25) is 5.91 Å². The predicted octanol–water partition coefficient (Wildman–Crippen LogP) is 3.33. The van der Waals surface area contributed by atoms with E-state index in [0.29, 0.717) is 5.56 Å². The van der Waals surface area contributed by atoms with Gasteiger partial charge in [0, 0.05) is 0 Å². The van der Waals surface area contributed by atoms with E-state index in [1.165, 1.54) is 24.3 Å². The van der Waals surface area contributed by atoms with Crippen LogP contribution in [0.4, 0.5) is 19.0 Å². The van der Waals surface area contributed by atoms with Crippen molar-refractivity contribution in [3.63, 3.8) is 0 Å². The maximum atomic E-state index is 12.4. The zero-order valence-electron chi connectivity index (χ0n) is 10.5. The van der Waals surface area contributed by atoms with Gasteiger partial charge in [0.15, 0.2) is 11.0 Å². The van der Waals surface area contributed by atoms with Crippen molar-refractivity contribution in [2.75, 3.05) is 5.32 Å². The summed E-state index contributed by atoms with van der Waals surface area (Å²) in [7, 11) is 0. The average molecular weight is 316 g/mol. The van der Waals surface area contributed by atoms with Crippen LogP contribution in [0.5, 0.6) is 0 Å². The lowest BCUT2D eigenvalue weighted by molar-refractivity contribution is -0.137. The smallest absolute Gasteiger partial charge is 0.309 e. The van der Waals surface area contributed by atoms with E-state index in [9.17, 15) is 18.0 Å². The van der Waals surface area contributed by atoms with E-state index in [-0.39, 0.29) is 17.4 Å². The van der Waals surface area contributed by atoms with E-state index < -0.39 is 17.6 Å². The van der Waals surface area contributed by atoms with Gasteiger partial charge < -0.3 is 5.32 Å². The second-order valence-corrected chi connectivity index (χ2v) is 4.55. The summed E-state index contributed by atoms with van der Waals surface area (Å²) in [5.74, 6) is -0.192. The van der Waals surface area contributed by atoms with Gasteiger partial charge in [-0.3, -0.25) is 4.79 Å². The van der Waals surface area contributed by atoms with E-state index in [0.717, 1.165) is 12.1 Å². The van der Waals surface area contributed by atoms with E-state index in [1.54, 1.807) is 0 Å². The lowest BCUT2D eigenvalue weighted by Gasteiger charge is -2.07. The Hall–Kier alpha value is -2.15. The quantitative estimate of drug-likeness (QED) is 0.945. The normalized spacial score (nSPS) is 11.2. The Labute approximate surface area is 123 Å². The zero-order chi connectivity index (χ0) is 15.5. The molecule has 1 aromatic carbocycles. The summed E-state index contributed by atoms with van der Waals surface area (Å²) >= 11 is 5.55. The molecule has 1 N–H and O–H groups in total. The number of anilines is 1. The first kappa shape index (κ1) is 15.2. The molecule has 0 aliphatic carbocycles. The minimum absolute atomic E-state index is 0.0670. The maximum Gasteiger partial charge on any atom is 0.416 e. The molecule has 0 saturated heterocycles. The molecule has 0 aliphatic heterocycles. The third kappa shape index (κ3) is 4.42. The lowest BCUT2D eigenvalue weighted by Crippen LogP contribution is -2.15. The SMILES string of the molecule is O=C(Cc1ccc(C(F)(F)F)cc1)Nc1ccc(Cl)nn1. The van der Waals surface area contributed by atoms with Crippen molar-refractivity contribution >= 4 is 23.3 Å². The highest BCUT2D eigenvalue weighted by molar-refractivity contribution is 6.29. The number of hydrogen-bond acceptors (Lipinski definition) is 3. The van der Waals surface area contributed by atoms with E-state index >= 15 is 0 Å². The molecule has 0 atom stereocenters. The van der Waals surface area contributed by atoms with Gasteiger partial charge in [-0.2, -0.15) is 13.2 Å². The molecule has 2 rings (SSSR count). The summed E-state index contributed by atoms with van der Waals surface area (Å²) in [6.07, 6.45) is -4.46. The fourth-order valence-electron chi connectivity index (χ4n) is 1.57. The molecule has 0 bridgehead atoms. The van der Waals surface area contributed by atoms with E-state index in [1.807, 2.05) is 0 Å². The maximum absolute atomic E-state index is 12.4. The van der Waals surface area contributed by atoms with Crippen LogP contribution in [-0.4, -0.2) is 16.1 Å². The molecule has 4 nitrogen and oxygen atoms in total. The first-order valence-corrected chi connectivity index (χ1v) is 6.17. The molecule has 0 spiro atoms. The van der Waals surface area contributed by atoms with Crippen molar-refractivity contribution in [1.29, 1.82) is 0 Å². The Morgan fingerprint density at radius 2 is 1.76 bits per heavy atom. The van der Waals surface area contributed by atoms with Crippen LogP contribution in [0, 0.1) is 0 Å². The number of halogens is 4. The summed E-state index contributed by atoms with van der Waals surface area (Å²) in [6.45, 7) is 0. The molecule has 1 aromatic heterocycles. The first-order valence-electron chi connectivity index (χ1n) is 5.80. The van der Waals surface area contributed by atoms with Gasteiger partial charge >= 0.3 is 6.18 Å². The fourth-order valence-corrected chi connectivity index (χ4v) is 1.67. The highest BCUT2D eigenvalue weighted by Crippen LogP contribution is 2.29. The van der Waals surface area contributed by atoms with Crippen molar-refractivity contribution in [1.82, 2.24) is 10.2 Å². The van der Waals surface area contributed by atoms with Crippen LogP contribution >= 0.6 is 11.6 Å². The standard InChI is InChI=1S/C13H9ClF3N3O/c14-10-5-6-11(20-19-10)18-12(21)7-8-1-3-9(4-2-8)13(15,16)17/h1-6H,7H2,(H,18,20,21). The van der Waals surface area contributed by atoms with E-state index in [2.05, 4.69) is 15.5 Å². The monoisotopic (exact) mass is 315 g/mol. The van der Waals surface area contributed by atoms with Crippen molar-refractivity contribution in [3.8, 4) is 0 Å². The summed E-state index contributed by atoms with van der Waals surface area (Å²) in [6, 6.07) is 7.32. The van der Waals surface area contributed by atoms with Crippen LogP contribution in [0.25, 0.3) is 0 Å². The number of nitrogens with zero attached hydrogens (tertiary/aromatic N) is 2. The molecular weight excluding hydrogens is 307 g/mol. The highest BCUT2D eigenvalue weighted by Gasteiger charge is 2.29. The van der Waals surface area contributed by atoms with Gasteiger partial charge in [-0.1, -0.05) is 23.7 Å². The molecule has 110 valence electrons. The van der Waals surface area contributed by atoms with Crippen LogP contribution in [0.1, 0.15) is 11.1 Å². The molecule has 2 aromatic rings. The molecule has 0 radical (unpaired) electrons. The number of aromatic nitrogens is 2. The third-order valence-electron chi connectivity index (χ3n) is 2.55. The Morgan fingerprint density at radius 3 is 2.29 bits per heavy atom. The molecule has 21 heavy (non-hydrogen) atoms. The van der Waals surface area contributed by atoms with Crippen molar-refractivity contribution < 1.29 is 18.0 Å². The Balaban J connectivity index is 1.98. The highest BCUT2D eigenvalue weighted by atomic mass is 35.5. The van der Waals surface area contributed by atoms with Gasteiger partial charge in [-0.15, -0.1) is 10.2 Å². The van der Waals surface area contributed by atoms with Crippen LogP contribution in [0.2, 0.25) is 5.15 Å². The number of carbonyl (C=O) groups is 1. The molecule has 8 heteroatoms. The molecule has 0 aliphatic rings. The number of amides is 1. The van der Waals surface area contributed by atoms with Crippen molar-refractivity contribution in [3.05, 3.63) is 52.7 Å². The summed E-state index contributed by atoms with van der Waals surface area (Å²) in [4.78, 5) is 11.7. The Morgan fingerprint density at radius 1 is 1.10 bits per heavy atom. The second kappa shape index (κ2) is 6.09. The van der Waals surface area contributed by atoms with Gasteiger partial charge in [-0.05, 0) is 29.8 Å². The third-order valence-corrected chi connectivity index (χ3v) is 2.75. The zero-order valence-corrected chi connectivity index (χ0v) is 11.2. The molecule has 0 saturated carbocycles. The number of nitrogens with one attached hydrogen (secondary N) is 1. The summed E-state index contributed by atoms with van der Waals surface area (Å²) in [5.41, 5.74) is -0.294. The Bertz CT molecular complexity index is 627. The topological polar surface area (TPSA) is 54.9 Å². The van der Waals surface area contributed by atoms with Gasteiger partial charge in [-0.25, -0.2) is 0 Å². The van der Waals surface area contributed by atoms with Crippen LogP contribution in [-0.2, 0) is 17.4 Å². The number of carbonyl (C=O) groups excluding carboxylic acids is 1. The van der Waals surface area contributed by atoms with Gasteiger partial charge in [0.25, 0.3) is 0 Å². The molecular formula is C13H9ClF3N3O. The van der Waals surface area contributed by atoms with Crippen LogP contribution in [0.3, 0.4) is 0 Å². The molecule has 1 heterocycles. The van der Waals surface area contributed by atoms with E-state index in [4.69, 9.17) is 11.6 Å². The number of rotatable bonds is 3. The Kier molecular flexibility index (Phi) is 4.42. The fraction of sp³-hybridized carbons (Fsp3) is 0.154. The predicted molar refractivity (Wildman–Crippen MR) is 70.8 cm³/mol. The number of hydrogen-bond donors (Lipinski definition) is 1. The molecule has 0 unspecified atom stereocenters. The van der Waals surface area contributed by atoms with Crippen LogP contribution in [0.15, 0.2) is 36.4 Å². The van der Waals surface area contributed by atoms with Gasteiger partial charge in [0.05, 0.1) is 12.0 Å². The largest absolute Gasteiger partial charge is 0.416 e. The summed E-state index contributed by atoms with van der Waals surface area (Å²) < 4.78 is 37.2. The van der Waals surface area contributed by atoms with Crippen molar-refractivity contribution in [2.45, 2.75) is 12.6 Å². The number of benzene rings is 1. The molecule has 1 amide bonds. The second-order valence-electron chi connectivity index (χ2n) is 4.16. The summed E-state index contributed by atoms with van der Waals surface area (Å²) in [5, 5.41) is 9.86. The minimum atomic E-state index is -4.39. The number of alkyl halides is 3. The minimum Gasteiger partial charge on any atom is -0.309 e. The van der Waals surface area contributed by atoms with Gasteiger partial charge in [0.1, 0.15) is 0 Å². The lowest BCUT2D eigenvalue weighted by atomic mass is 10.1. The first-order chi connectivity index (χ1) is 9.84. The molecule has 0 fully saturated rings. The average Bonchev–Trinajstić information content (AvgIpc) is 2.41. The van der Waals surface area contributed by atoms with Crippen molar-refractivity contribution in [2.24, 2.45) is 0 Å².